The highest BCUT2D eigenvalue weighted by Gasteiger charge is 1.90. The van der Waals surface area contributed by atoms with E-state index in [-0.39, 0.29) is 0 Å². The zero-order valence-electron chi connectivity index (χ0n) is 4.19. The van der Waals surface area contributed by atoms with Crippen LogP contribution in [0, 0.1) is 0 Å². The molecule has 0 aliphatic heterocycles. The van der Waals surface area contributed by atoms with Gasteiger partial charge in [-0.15, -0.1) is 0 Å². The van der Waals surface area contributed by atoms with Gasteiger partial charge in [0.1, 0.15) is 0 Å². The molecule has 3 heteroatoms. The Bertz CT molecular complexity index is 102. The lowest BCUT2D eigenvalue weighted by molar-refractivity contribution is 1.28. The van der Waals surface area contributed by atoms with Crippen molar-refractivity contribution in [1.82, 2.24) is 4.67 Å². The Labute approximate surface area is 56.7 Å². The van der Waals surface area contributed by atoms with Gasteiger partial charge in [-0.1, -0.05) is 4.67 Å². The van der Waals surface area contributed by atoms with Crippen LogP contribution < -0.4 is 10.4 Å². The zero-order chi connectivity index (χ0) is 5.70. The fourth-order valence-corrected chi connectivity index (χ4v) is 0.611. The van der Waals surface area contributed by atoms with Gasteiger partial charge in [0.15, 0.2) is 0 Å². The van der Waals surface area contributed by atoms with E-state index in [1.807, 2.05) is 6.92 Å². The minimum absolute atomic E-state index is 0.555. The molecule has 0 radical (unpaired) electrons. The maximum atomic E-state index is 5.20. The molecule has 0 unspecified atom stereocenters. The topological polar surface area (TPSA) is 40.1 Å². The van der Waals surface area contributed by atoms with Gasteiger partial charge in [0.25, 0.3) is 5.71 Å². The fourth-order valence-electron chi connectivity index (χ4n) is 0.136. The largest absolute Gasteiger partial charge is 0.326 e. The lowest BCUT2D eigenvalue weighted by Gasteiger charge is -1.67. The summed E-state index contributed by atoms with van der Waals surface area (Å²) < 4.78 is 5.60. The third kappa shape index (κ3) is 3.98. The molecule has 0 saturated heterocycles. The van der Waals surface area contributed by atoms with Crippen LogP contribution in [0.5, 0.6) is 0 Å². The Morgan fingerprint density at radius 3 is 2.71 bits per heavy atom. The first-order valence-corrected chi connectivity index (χ1v) is 3.21. The monoisotopic (exact) mass is 211 g/mol. The van der Waals surface area contributed by atoms with Crippen molar-refractivity contribution in [2.75, 3.05) is 6.54 Å². The molecule has 0 amide bonds. The molecule has 0 saturated carbocycles. The standard InChI is InChI=1S/C4H8IN2/c1-4(2-6)7-3-5/h3H,2,6H2,1H3/q+1. The van der Waals surface area contributed by atoms with Gasteiger partial charge in [0.05, 0.1) is 6.54 Å². The van der Waals surface area contributed by atoms with Crippen LogP contribution in [0.2, 0.25) is 0 Å². The van der Waals surface area contributed by atoms with Crippen LogP contribution in [-0.2, 0) is 0 Å². The van der Waals surface area contributed by atoms with E-state index < -0.39 is 0 Å². The molecule has 0 aromatic heterocycles. The van der Waals surface area contributed by atoms with Crippen molar-refractivity contribution in [2.45, 2.75) is 6.92 Å². The summed E-state index contributed by atoms with van der Waals surface area (Å²) in [6.45, 7) is 2.45. The van der Waals surface area contributed by atoms with Gasteiger partial charge in [-0.05, 0) is 0 Å². The summed E-state index contributed by atoms with van der Waals surface area (Å²) in [6, 6.07) is 0. The van der Waals surface area contributed by atoms with Gasteiger partial charge in [-0.3, -0.25) is 0 Å². The predicted octanol–water partition coefficient (Wildman–Crippen LogP) is -0.0635. The van der Waals surface area contributed by atoms with Crippen molar-refractivity contribution in [3.63, 3.8) is 0 Å². The normalized spacial score (nSPS) is 7.29. The van der Waals surface area contributed by atoms with Crippen LogP contribution in [0.3, 0.4) is 0 Å². The van der Waals surface area contributed by atoms with E-state index >= 15 is 0 Å². The Morgan fingerprint density at radius 2 is 2.57 bits per heavy atom. The smallest absolute Gasteiger partial charge is 0.321 e. The van der Waals surface area contributed by atoms with Gasteiger partial charge in [-0.2, -0.15) is 0 Å². The van der Waals surface area contributed by atoms with E-state index in [1.165, 1.54) is 0 Å². The number of hydrogen-bond acceptors (Lipinski definition) is 1. The highest BCUT2D eigenvalue weighted by Crippen LogP contribution is 1.60. The molecular weight excluding hydrogens is 203 g/mol. The summed E-state index contributed by atoms with van der Waals surface area (Å²) in [5.74, 6) is 0. The molecule has 0 aromatic carbocycles. The highest BCUT2D eigenvalue weighted by atomic mass is 127. The molecule has 0 atom stereocenters. The first-order valence-electron chi connectivity index (χ1n) is 1.96. The van der Waals surface area contributed by atoms with Crippen LogP contribution in [0.25, 0.3) is 0 Å². The van der Waals surface area contributed by atoms with Gasteiger partial charge < -0.3 is 5.73 Å². The number of rotatable bonds is 1. The second kappa shape index (κ2) is 4.30. The number of nitrogens with two attached hydrogens (primary N) is 1. The molecule has 0 aliphatic rings. The minimum atomic E-state index is 0.555. The molecule has 2 N–H and O–H groups in total. The van der Waals surface area contributed by atoms with Crippen molar-refractivity contribution in [2.24, 2.45) is 5.73 Å². The first kappa shape index (κ1) is 7.14. The van der Waals surface area contributed by atoms with Crippen LogP contribution in [0.15, 0.2) is 0 Å². The molecule has 0 fully saturated rings. The van der Waals surface area contributed by atoms with E-state index in [9.17, 15) is 0 Å². The molecule has 2 nitrogen and oxygen atoms in total. The molecular formula is C4H8IN2+. The first-order chi connectivity index (χ1) is 3.31. The number of halogens is 1. The Morgan fingerprint density at radius 1 is 2.00 bits per heavy atom. The van der Waals surface area contributed by atoms with Gasteiger partial charge in [0.2, 0.25) is 0 Å². The summed E-state index contributed by atoms with van der Waals surface area (Å²) in [6.07, 6.45) is 0. The van der Waals surface area contributed by atoms with E-state index in [1.54, 1.807) is 4.22 Å². The minimum Gasteiger partial charge on any atom is -0.321 e. The van der Waals surface area contributed by atoms with Crippen molar-refractivity contribution in [3.8, 4) is 0 Å². The molecule has 0 aromatic rings. The van der Waals surface area contributed by atoms with E-state index in [0.717, 1.165) is 5.71 Å². The summed E-state index contributed by atoms with van der Waals surface area (Å²) in [5.41, 5.74) is 6.17. The fraction of sp³-hybridized carbons (Fsp3) is 0.500. The van der Waals surface area contributed by atoms with Crippen molar-refractivity contribution < 1.29 is 0 Å². The maximum absolute atomic E-state index is 5.20. The van der Waals surface area contributed by atoms with Crippen molar-refractivity contribution in [1.29, 1.82) is 0 Å². The van der Waals surface area contributed by atoms with E-state index in [0.29, 0.717) is 6.54 Å². The Balaban J connectivity index is 3.74. The quantitative estimate of drug-likeness (QED) is 0.368. The van der Waals surface area contributed by atoms with E-state index in [4.69, 9.17) is 5.73 Å². The molecule has 0 bridgehead atoms. The summed E-state index contributed by atoms with van der Waals surface area (Å²) in [5, 5.41) is 0. The predicted molar refractivity (Wildman–Crippen MR) is 42.0 cm³/mol. The molecule has 0 spiro atoms. The zero-order valence-corrected chi connectivity index (χ0v) is 6.34. The molecule has 7 heavy (non-hydrogen) atoms. The summed E-state index contributed by atoms with van der Waals surface area (Å²) in [7, 11) is 0. The maximum Gasteiger partial charge on any atom is 0.326 e. The second-order valence-corrected chi connectivity index (χ2v) is 1.72. The molecule has 40 valence electrons. The van der Waals surface area contributed by atoms with Gasteiger partial charge >= 0.3 is 4.22 Å². The van der Waals surface area contributed by atoms with Crippen LogP contribution in [0.4, 0.5) is 0 Å². The van der Waals surface area contributed by atoms with Crippen LogP contribution in [0.1, 0.15) is 6.92 Å². The third-order valence-electron chi connectivity index (χ3n) is 0.565. The van der Waals surface area contributed by atoms with E-state index in [2.05, 4.69) is 27.3 Å². The average molecular weight is 211 g/mol. The van der Waals surface area contributed by atoms with Gasteiger partial charge in [0, 0.05) is 29.5 Å². The Kier molecular flexibility index (Phi) is 4.39. The van der Waals surface area contributed by atoms with Crippen molar-refractivity contribution >= 4 is 32.5 Å². The summed E-state index contributed by atoms with van der Waals surface area (Å²) in [4.78, 5) is 0. The van der Waals surface area contributed by atoms with Crippen molar-refractivity contribution in [3.05, 3.63) is 0 Å². The number of hydrogen-bond donors (Lipinski definition) is 1. The van der Waals surface area contributed by atoms with Crippen LogP contribution >= 0.6 is 22.6 Å². The average Bonchev–Trinajstić information content (AvgIpc) is 1.68. The second-order valence-electron chi connectivity index (χ2n) is 1.17. The summed E-state index contributed by atoms with van der Waals surface area (Å²) >= 11 is 2.06. The molecule has 0 rings (SSSR count). The lowest BCUT2D eigenvalue weighted by Crippen LogP contribution is -2.11. The highest BCUT2D eigenvalue weighted by molar-refractivity contribution is 14.1. The Hall–Kier alpha value is 0.140. The van der Waals surface area contributed by atoms with Crippen LogP contribution in [-0.4, -0.2) is 16.5 Å². The lowest BCUT2D eigenvalue weighted by atomic mass is 10.4. The van der Waals surface area contributed by atoms with Gasteiger partial charge in [-0.25, -0.2) is 0 Å². The number of nitrogens with zero attached hydrogens (tertiary/aromatic N) is 1. The SMILES string of the molecule is CC(CN)=[N+]=CI. The molecule has 0 aliphatic carbocycles. The third-order valence-corrected chi connectivity index (χ3v) is 0.843. The molecule has 0 heterocycles.